The first-order valence-corrected chi connectivity index (χ1v) is 13.7. The van der Waals surface area contributed by atoms with Crippen molar-refractivity contribution >= 4 is 5.97 Å². The first kappa shape index (κ1) is 31.1. The molecule has 5 atom stereocenters. The van der Waals surface area contributed by atoms with Gasteiger partial charge in [0.15, 0.2) is 12.4 Å². The van der Waals surface area contributed by atoms with E-state index in [-0.39, 0.29) is 19.8 Å². The molecular weight excluding hydrogens is 540 g/mol. The molecule has 0 spiro atoms. The number of carbonyl (C=O) groups excluding carboxylic acids is 1. The summed E-state index contributed by atoms with van der Waals surface area (Å²) in [4.78, 5) is 13.3. The van der Waals surface area contributed by atoms with E-state index in [0.29, 0.717) is 11.3 Å². The first-order valence-electron chi connectivity index (χ1n) is 13.7. The molecule has 224 valence electrons. The first-order chi connectivity index (χ1) is 20.4. The molecule has 9 heteroatoms. The van der Waals surface area contributed by atoms with Gasteiger partial charge in [0, 0.05) is 0 Å². The molecule has 0 bridgehead atoms. The van der Waals surface area contributed by atoms with Gasteiger partial charge in [-0.1, -0.05) is 30.3 Å². The third kappa shape index (κ3) is 8.10. The molecular formula is C33H38O9. The topological polar surface area (TPSA) is 90.9 Å². The molecule has 0 aliphatic carbocycles. The summed E-state index contributed by atoms with van der Waals surface area (Å²) in [5.41, 5.74) is 2.20. The molecule has 1 fully saturated rings. The number of hydrogen-bond acceptors (Lipinski definition) is 9. The van der Waals surface area contributed by atoms with Gasteiger partial charge in [-0.05, 0) is 66.6 Å². The minimum atomic E-state index is -0.803. The number of benzene rings is 3. The van der Waals surface area contributed by atoms with Gasteiger partial charge in [-0.25, -0.2) is 4.79 Å². The minimum Gasteiger partial charge on any atom is -0.497 e. The third-order valence-electron chi connectivity index (χ3n) is 6.88. The molecule has 0 saturated carbocycles. The van der Waals surface area contributed by atoms with E-state index in [9.17, 15) is 4.79 Å². The summed E-state index contributed by atoms with van der Waals surface area (Å²) >= 11 is 0. The van der Waals surface area contributed by atoms with Crippen LogP contribution in [0.5, 0.6) is 17.2 Å². The van der Waals surface area contributed by atoms with Gasteiger partial charge in [0.25, 0.3) is 0 Å². The van der Waals surface area contributed by atoms with Crippen LogP contribution in [0.3, 0.4) is 0 Å². The zero-order chi connectivity index (χ0) is 29.9. The van der Waals surface area contributed by atoms with E-state index < -0.39 is 36.7 Å². The van der Waals surface area contributed by atoms with Gasteiger partial charge in [-0.3, -0.25) is 0 Å². The van der Waals surface area contributed by atoms with Crippen molar-refractivity contribution < 1.29 is 42.7 Å². The van der Waals surface area contributed by atoms with Crippen LogP contribution in [0.25, 0.3) is 0 Å². The largest absolute Gasteiger partial charge is 0.497 e. The Bertz CT molecular complexity index is 1260. The standard InChI is InChI=1S/C33H38O9/c1-6-19-38-33-31(40-21-24-9-15-27(36-4)16-10-24)30(39-20-23-7-13-26(35-3)14-8-23)29(22(2)41-33)42-32(34)25-11-17-28(37-5)18-12-25/h6-18,22,29-31,33H,1,19-21H2,2-5H3/t22-,29-,30+,31+,33+/m0/s1. The van der Waals surface area contributed by atoms with Gasteiger partial charge >= 0.3 is 5.97 Å². The van der Waals surface area contributed by atoms with Crippen LogP contribution < -0.4 is 14.2 Å². The van der Waals surface area contributed by atoms with Gasteiger partial charge in [0.1, 0.15) is 29.5 Å². The van der Waals surface area contributed by atoms with Crippen molar-refractivity contribution in [1.29, 1.82) is 0 Å². The Labute approximate surface area is 246 Å². The number of carbonyl (C=O) groups is 1. The van der Waals surface area contributed by atoms with E-state index in [0.717, 1.165) is 22.6 Å². The van der Waals surface area contributed by atoms with Crippen LogP contribution in [0.4, 0.5) is 0 Å². The molecule has 3 aromatic rings. The van der Waals surface area contributed by atoms with Crippen LogP contribution in [-0.4, -0.2) is 64.6 Å². The molecule has 4 rings (SSSR count). The van der Waals surface area contributed by atoms with Crippen LogP contribution >= 0.6 is 0 Å². The quantitative estimate of drug-likeness (QED) is 0.185. The Morgan fingerprint density at radius 3 is 1.67 bits per heavy atom. The summed E-state index contributed by atoms with van der Waals surface area (Å²) < 4.78 is 46.9. The van der Waals surface area contributed by atoms with Crippen molar-refractivity contribution in [2.24, 2.45) is 0 Å². The molecule has 1 heterocycles. The molecule has 0 unspecified atom stereocenters. The second-order valence-corrected chi connectivity index (χ2v) is 9.68. The highest BCUT2D eigenvalue weighted by atomic mass is 16.7. The molecule has 0 amide bonds. The molecule has 1 aliphatic rings. The second-order valence-electron chi connectivity index (χ2n) is 9.68. The fraction of sp³-hybridized carbons (Fsp3) is 0.364. The molecule has 0 aromatic heterocycles. The average molecular weight is 579 g/mol. The zero-order valence-electron chi connectivity index (χ0n) is 24.4. The molecule has 0 N–H and O–H groups in total. The normalized spacial score (nSPS) is 21.8. The fourth-order valence-corrected chi connectivity index (χ4v) is 4.55. The van der Waals surface area contributed by atoms with E-state index in [1.807, 2.05) is 55.5 Å². The lowest BCUT2D eigenvalue weighted by atomic mass is 9.98. The molecule has 1 aliphatic heterocycles. The van der Waals surface area contributed by atoms with Crippen molar-refractivity contribution in [2.75, 3.05) is 27.9 Å². The Kier molecular flexibility index (Phi) is 11.4. The maximum atomic E-state index is 13.3. The Balaban J connectivity index is 1.60. The van der Waals surface area contributed by atoms with Crippen molar-refractivity contribution in [3.63, 3.8) is 0 Å². The monoisotopic (exact) mass is 578 g/mol. The molecule has 42 heavy (non-hydrogen) atoms. The highest BCUT2D eigenvalue weighted by Gasteiger charge is 2.48. The Hall–Kier alpha value is -3.89. The van der Waals surface area contributed by atoms with Gasteiger partial charge in [0.2, 0.25) is 0 Å². The Morgan fingerprint density at radius 1 is 0.714 bits per heavy atom. The zero-order valence-corrected chi connectivity index (χ0v) is 24.4. The highest BCUT2D eigenvalue weighted by Crippen LogP contribution is 2.31. The lowest BCUT2D eigenvalue weighted by Gasteiger charge is -2.44. The lowest BCUT2D eigenvalue weighted by molar-refractivity contribution is -0.309. The van der Waals surface area contributed by atoms with Crippen LogP contribution in [0.15, 0.2) is 85.5 Å². The summed E-state index contributed by atoms with van der Waals surface area (Å²) in [6.07, 6.45) is -2.00. The second kappa shape index (κ2) is 15.4. The number of methoxy groups -OCH3 is 3. The smallest absolute Gasteiger partial charge is 0.338 e. The fourth-order valence-electron chi connectivity index (χ4n) is 4.55. The van der Waals surface area contributed by atoms with Gasteiger partial charge in [-0.15, -0.1) is 6.58 Å². The van der Waals surface area contributed by atoms with Crippen LogP contribution in [-0.2, 0) is 36.9 Å². The van der Waals surface area contributed by atoms with Gasteiger partial charge in [-0.2, -0.15) is 0 Å². The van der Waals surface area contributed by atoms with Crippen LogP contribution in [0, 0.1) is 0 Å². The van der Waals surface area contributed by atoms with Gasteiger partial charge in [0.05, 0.1) is 52.8 Å². The number of ether oxygens (including phenoxy) is 8. The predicted octanol–water partition coefficient (Wildman–Crippen LogP) is 5.36. The maximum Gasteiger partial charge on any atom is 0.338 e. The van der Waals surface area contributed by atoms with Crippen molar-refractivity contribution in [2.45, 2.75) is 50.8 Å². The molecule has 3 aromatic carbocycles. The van der Waals surface area contributed by atoms with E-state index in [4.69, 9.17) is 37.9 Å². The Morgan fingerprint density at radius 2 is 1.19 bits per heavy atom. The summed E-state index contributed by atoms with van der Waals surface area (Å²) in [5, 5.41) is 0. The summed E-state index contributed by atoms with van der Waals surface area (Å²) in [7, 11) is 4.80. The average Bonchev–Trinajstić information content (AvgIpc) is 3.03. The number of rotatable bonds is 14. The maximum absolute atomic E-state index is 13.3. The molecule has 0 radical (unpaired) electrons. The van der Waals surface area contributed by atoms with Crippen molar-refractivity contribution in [3.05, 3.63) is 102 Å². The molecule has 9 nitrogen and oxygen atoms in total. The van der Waals surface area contributed by atoms with Crippen LogP contribution in [0.2, 0.25) is 0 Å². The lowest BCUT2D eigenvalue weighted by Crippen LogP contribution is -2.60. The van der Waals surface area contributed by atoms with E-state index in [2.05, 4.69) is 6.58 Å². The SMILES string of the molecule is C=CCO[C@@H]1O[C@@H](C)[C@H](OC(=O)c2ccc(OC)cc2)[C@@H](OCc2ccc(OC)cc2)[C@H]1OCc1ccc(OC)cc1. The summed E-state index contributed by atoms with van der Waals surface area (Å²) in [6.45, 7) is 6.28. The van der Waals surface area contributed by atoms with Gasteiger partial charge < -0.3 is 37.9 Å². The summed E-state index contributed by atoms with van der Waals surface area (Å²) in [6, 6.07) is 21.8. The number of hydrogen-bond donors (Lipinski definition) is 0. The third-order valence-corrected chi connectivity index (χ3v) is 6.88. The van der Waals surface area contributed by atoms with E-state index >= 15 is 0 Å². The van der Waals surface area contributed by atoms with Crippen molar-refractivity contribution in [3.8, 4) is 17.2 Å². The summed E-state index contributed by atoms with van der Waals surface area (Å²) in [5.74, 6) is 1.60. The molecule has 1 saturated heterocycles. The minimum absolute atomic E-state index is 0.231. The van der Waals surface area contributed by atoms with E-state index in [1.54, 1.807) is 51.7 Å². The predicted molar refractivity (Wildman–Crippen MR) is 156 cm³/mol. The highest BCUT2D eigenvalue weighted by molar-refractivity contribution is 5.89. The van der Waals surface area contributed by atoms with Crippen molar-refractivity contribution in [1.82, 2.24) is 0 Å². The van der Waals surface area contributed by atoms with E-state index in [1.165, 1.54) is 0 Å². The number of esters is 1. The van der Waals surface area contributed by atoms with Crippen LogP contribution in [0.1, 0.15) is 28.4 Å².